The molecule has 1 fully saturated rings. The van der Waals surface area contributed by atoms with E-state index in [9.17, 15) is 9.59 Å². The Balaban J connectivity index is 1.19. The van der Waals surface area contributed by atoms with Crippen LogP contribution in [0.25, 0.3) is 0 Å². The molecule has 0 bridgehead atoms. The van der Waals surface area contributed by atoms with Crippen molar-refractivity contribution in [1.82, 2.24) is 15.5 Å². The second-order valence-corrected chi connectivity index (χ2v) is 8.10. The van der Waals surface area contributed by atoms with Gasteiger partial charge in [-0.1, -0.05) is 43.5 Å². The monoisotopic (exact) mass is 401 g/mol. The van der Waals surface area contributed by atoms with Gasteiger partial charge in [0.2, 0.25) is 5.91 Å². The van der Waals surface area contributed by atoms with E-state index in [1.165, 1.54) is 43.2 Å². The zero-order valence-electron chi connectivity index (χ0n) is 17.5. The van der Waals surface area contributed by atoms with E-state index in [2.05, 4.69) is 28.8 Å². The molecule has 0 saturated heterocycles. The predicted molar refractivity (Wildman–Crippen MR) is 114 cm³/mol. The van der Waals surface area contributed by atoms with Crippen LogP contribution in [0.4, 0.5) is 4.79 Å². The van der Waals surface area contributed by atoms with Crippen molar-refractivity contribution < 1.29 is 14.3 Å². The van der Waals surface area contributed by atoms with Crippen molar-refractivity contribution in [2.45, 2.75) is 70.4 Å². The van der Waals surface area contributed by atoms with Crippen molar-refractivity contribution in [3.63, 3.8) is 0 Å². The fourth-order valence-electron chi connectivity index (χ4n) is 4.13. The SMILES string of the molecule is O=C(NCCCOC1CCCCC1)NCCCC(=O)N1CCc2ccccc2C1. The van der Waals surface area contributed by atoms with Crippen LogP contribution in [0.3, 0.4) is 0 Å². The number of urea groups is 1. The average Bonchev–Trinajstić information content (AvgIpc) is 2.76. The highest BCUT2D eigenvalue weighted by Crippen LogP contribution is 2.20. The molecule has 0 atom stereocenters. The van der Waals surface area contributed by atoms with Gasteiger partial charge in [-0.25, -0.2) is 4.79 Å². The minimum atomic E-state index is -0.165. The number of carbonyl (C=O) groups excluding carboxylic acids is 2. The number of amides is 3. The highest BCUT2D eigenvalue weighted by molar-refractivity contribution is 5.77. The summed E-state index contributed by atoms with van der Waals surface area (Å²) in [5.74, 6) is 0.168. The molecule has 0 unspecified atom stereocenters. The molecule has 160 valence electrons. The van der Waals surface area contributed by atoms with E-state index in [0.717, 1.165) is 19.4 Å². The van der Waals surface area contributed by atoms with Gasteiger partial charge in [0.25, 0.3) is 0 Å². The molecule has 6 nitrogen and oxygen atoms in total. The number of hydrogen-bond donors (Lipinski definition) is 2. The fourth-order valence-corrected chi connectivity index (χ4v) is 4.13. The maximum Gasteiger partial charge on any atom is 0.314 e. The molecule has 1 aliphatic heterocycles. The highest BCUT2D eigenvalue weighted by atomic mass is 16.5. The zero-order valence-corrected chi connectivity index (χ0v) is 17.5. The Hall–Kier alpha value is -2.08. The third-order valence-corrected chi connectivity index (χ3v) is 5.85. The van der Waals surface area contributed by atoms with Crippen molar-refractivity contribution >= 4 is 11.9 Å². The second kappa shape index (κ2) is 11.8. The predicted octanol–water partition coefficient (Wildman–Crippen LogP) is 3.39. The van der Waals surface area contributed by atoms with Crippen LogP contribution in [-0.2, 0) is 22.5 Å². The maximum absolute atomic E-state index is 12.4. The van der Waals surface area contributed by atoms with Crippen LogP contribution < -0.4 is 10.6 Å². The summed E-state index contributed by atoms with van der Waals surface area (Å²) in [6.45, 7) is 3.32. The molecule has 1 aromatic carbocycles. The molecule has 1 aromatic rings. The largest absolute Gasteiger partial charge is 0.378 e. The molecule has 0 spiro atoms. The standard InChI is InChI=1S/C23H35N3O3/c27-22(26-16-13-19-8-4-5-9-20(19)18-26)12-6-14-24-23(28)25-15-7-17-29-21-10-2-1-3-11-21/h4-5,8-9,21H,1-3,6-7,10-18H2,(H2,24,25,28). The molecule has 29 heavy (non-hydrogen) atoms. The molecular weight excluding hydrogens is 366 g/mol. The van der Waals surface area contributed by atoms with Gasteiger partial charge >= 0.3 is 6.03 Å². The topological polar surface area (TPSA) is 70.7 Å². The number of benzene rings is 1. The Bertz CT molecular complexity index is 659. The van der Waals surface area contributed by atoms with Gasteiger partial charge in [0.15, 0.2) is 0 Å². The number of fused-ring (bicyclic) bond motifs is 1. The van der Waals surface area contributed by atoms with E-state index in [1.54, 1.807) is 0 Å². The maximum atomic E-state index is 12.4. The summed E-state index contributed by atoms with van der Waals surface area (Å²) in [5.41, 5.74) is 2.59. The third-order valence-electron chi connectivity index (χ3n) is 5.85. The van der Waals surface area contributed by atoms with Crippen molar-refractivity contribution in [2.24, 2.45) is 0 Å². The van der Waals surface area contributed by atoms with Crippen molar-refractivity contribution in [1.29, 1.82) is 0 Å². The normalized spacial score (nSPS) is 16.9. The zero-order chi connectivity index (χ0) is 20.3. The van der Waals surface area contributed by atoms with Crippen LogP contribution in [0.15, 0.2) is 24.3 Å². The summed E-state index contributed by atoms with van der Waals surface area (Å²) in [5, 5.41) is 5.69. The van der Waals surface area contributed by atoms with Crippen LogP contribution in [0, 0.1) is 0 Å². The number of rotatable bonds is 9. The minimum absolute atomic E-state index is 0.165. The van der Waals surface area contributed by atoms with E-state index >= 15 is 0 Å². The van der Waals surface area contributed by atoms with E-state index in [-0.39, 0.29) is 11.9 Å². The summed E-state index contributed by atoms with van der Waals surface area (Å²) in [7, 11) is 0. The number of nitrogens with zero attached hydrogens (tertiary/aromatic N) is 1. The molecule has 1 heterocycles. The molecule has 1 saturated carbocycles. The van der Waals surface area contributed by atoms with Gasteiger partial charge in [-0.2, -0.15) is 0 Å². The van der Waals surface area contributed by atoms with E-state index < -0.39 is 0 Å². The van der Waals surface area contributed by atoms with Crippen molar-refractivity contribution in [2.75, 3.05) is 26.2 Å². The van der Waals surface area contributed by atoms with Gasteiger partial charge in [0.1, 0.15) is 0 Å². The van der Waals surface area contributed by atoms with Crippen molar-refractivity contribution in [3.05, 3.63) is 35.4 Å². The van der Waals surface area contributed by atoms with Crippen molar-refractivity contribution in [3.8, 4) is 0 Å². The minimum Gasteiger partial charge on any atom is -0.378 e. The van der Waals surface area contributed by atoms with Gasteiger partial charge < -0.3 is 20.3 Å². The molecule has 0 aromatic heterocycles. The Kier molecular flexibility index (Phi) is 8.81. The van der Waals surface area contributed by atoms with Crippen LogP contribution in [0.2, 0.25) is 0 Å². The smallest absolute Gasteiger partial charge is 0.314 e. The van der Waals surface area contributed by atoms with Crippen LogP contribution >= 0.6 is 0 Å². The Labute approximate surface area is 174 Å². The van der Waals surface area contributed by atoms with Gasteiger partial charge in [-0.05, 0) is 43.2 Å². The highest BCUT2D eigenvalue weighted by Gasteiger charge is 2.19. The molecule has 6 heteroatoms. The Morgan fingerprint density at radius 1 is 1.00 bits per heavy atom. The third kappa shape index (κ3) is 7.35. The molecule has 3 rings (SSSR count). The molecular formula is C23H35N3O3. The lowest BCUT2D eigenvalue weighted by Gasteiger charge is -2.29. The molecule has 2 aliphatic rings. The molecule has 1 aliphatic carbocycles. The molecule has 2 N–H and O–H groups in total. The van der Waals surface area contributed by atoms with Gasteiger partial charge in [-0.15, -0.1) is 0 Å². The summed E-state index contributed by atoms with van der Waals surface area (Å²) >= 11 is 0. The van der Waals surface area contributed by atoms with Gasteiger partial charge in [0, 0.05) is 39.2 Å². The lowest BCUT2D eigenvalue weighted by molar-refractivity contribution is -0.132. The quantitative estimate of drug-likeness (QED) is 0.623. The summed E-state index contributed by atoms with van der Waals surface area (Å²) in [6, 6.07) is 8.15. The molecule has 0 radical (unpaired) electrons. The number of carbonyl (C=O) groups is 2. The van der Waals surface area contributed by atoms with E-state index in [0.29, 0.717) is 45.2 Å². The van der Waals surface area contributed by atoms with Crippen LogP contribution in [0.5, 0.6) is 0 Å². The Morgan fingerprint density at radius 2 is 1.72 bits per heavy atom. The summed E-state index contributed by atoms with van der Waals surface area (Å²) < 4.78 is 5.86. The van der Waals surface area contributed by atoms with Gasteiger partial charge in [0.05, 0.1) is 6.10 Å². The molecule has 3 amide bonds. The lowest BCUT2D eigenvalue weighted by atomic mass is 9.98. The first-order valence-corrected chi connectivity index (χ1v) is 11.2. The van der Waals surface area contributed by atoms with Crippen LogP contribution in [0.1, 0.15) is 62.5 Å². The first kappa shape index (κ1) is 21.6. The number of nitrogens with one attached hydrogen (secondary N) is 2. The van der Waals surface area contributed by atoms with E-state index in [1.807, 2.05) is 11.0 Å². The number of ether oxygens (including phenoxy) is 1. The van der Waals surface area contributed by atoms with Crippen LogP contribution in [-0.4, -0.2) is 49.2 Å². The lowest BCUT2D eigenvalue weighted by Crippen LogP contribution is -2.38. The summed E-state index contributed by atoms with van der Waals surface area (Å²) in [4.78, 5) is 26.2. The first-order valence-electron chi connectivity index (χ1n) is 11.2. The van der Waals surface area contributed by atoms with Gasteiger partial charge in [-0.3, -0.25) is 4.79 Å². The second-order valence-electron chi connectivity index (χ2n) is 8.10. The Morgan fingerprint density at radius 3 is 2.52 bits per heavy atom. The van der Waals surface area contributed by atoms with E-state index in [4.69, 9.17) is 4.74 Å². The first-order chi connectivity index (χ1) is 14.2. The average molecular weight is 402 g/mol. The summed E-state index contributed by atoms with van der Waals surface area (Å²) in [6.07, 6.45) is 9.55. The fraction of sp³-hybridized carbons (Fsp3) is 0.652. The number of hydrogen-bond acceptors (Lipinski definition) is 3.